The summed E-state index contributed by atoms with van der Waals surface area (Å²) in [7, 11) is 0. The van der Waals surface area contributed by atoms with Crippen molar-refractivity contribution in [3.63, 3.8) is 0 Å². The molecule has 4 nitrogen and oxygen atoms in total. The molecule has 0 spiro atoms. The summed E-state index contributed by atoms with van der Waals surface area (Å²) in [5.74, 6) is -0.336. The van der Waals surface area contributed by atoms with E-state index in [1.54, 1.807) is 20.8 Å². The molecule has 0 rings (SSSR count). The van der Waals surface area contributed by atoms with Crippen molar-refractivity contribution in [2.45, 2.75) is 33.3 Å². The fraction of sp³-hybridized carbons (Fsp3) is 0.778. The monoisotopic (exact) mass is 187 g/mol. The van der Waals surface area contributed by atoms with Crippen LogP contribution in [0.25, 0.3) is 0 Å². The minimum Gasteiger partial charge on any atom is -0.459 e. The third-order valence-electron chi connectivity index (χ3n) is 1.06. The van der Waals surface area contributed by atoms with Crippen LogP contribution in [-0.4, -0.2) is 30.4 Å². The normalized spacial score (nSPS) is 11.1. The van der Waals surface area contributed by atoms with Crippen molar-refractivity contribution in [1.29, 1.82) is 0 Å². The zero-order valence-corrected chi connectivity index (χ0v) is 8.64. The van der Waals surface area contributed by atoms with Gasteiger partial charge in [-0.05, 0) is 27.7 Å². The number of carbonyl (C=O) groups is 2. The molecule has 0 aromatic rings. The minimum absolute atomic E-state index is 0.00330. The average molecular weight is 187 g/mol. The highest BCUT2D eigenvalue weighted by molar-refractivity contribution is 5.78. The van der Waals surface area contributed by atoms with Crippen LogP contribution in [0.2, 0.25) is 0 Å². The van der Waals surface area contributed by atoms with Crippen molar-refractivity contribution >= 4 is 11.8 Å². The fourth-order valence-electron chi connectivity index (χ4n) is 0.718. The highest BCUT2D eigenvalue weighted by Gasteiger charge is 2.15. The number of rotatable bonds is 4. The predicted molar refractivity (Wildman–Crippen MR) is 49.4 cm³/mol. The molecule has 0 aliphatic carbocycles. The average Bonchev–Trinajstić information content (AvgIpc) is 1.81. The van der Waals surface area contributed by atoms with Crippen LogP contribution in [0.1, 0.15) is 27.7 Å². The van der Waals surface area contributed by atoms with Crippen LogP contribution >= 0.6 is 0 Å². The van der Waals surface area contributed by atoms with Gasteiger partial charge >= 0.3 is 5.97 Å². The summed E-state index contributed by atoms with van der Waals surface area (Å²) in [4.78, 5) is 21.5. The molecule has 0 atom stereocenters. The van der Waals surface area contributed by atoms with Crippen LogP contribution in [-0.2, 0) is 14.3 Å². The maximum atomic E-state index is 11.0. The number of esters is 1. The predicted octanol–water partition coefficient (Wildman–Crippen LogP) is 0.507. The standard InChI is InChI=1S/C9H17NO3/c1-7(11)5-10-6-8(12)13-9(2,3)4/h10H,5-6H2,1-4H3. The van der Waals surface area contributed by atoms with E-state index in [1.807, 2.05) is 0 Å². The summed E-state index contributed by atoms with van der Waals surface area (Å²) in [6.07, 6.45) is 0. The molecule has 0 aliphatic rings. The summed E-state index contributed by atoms with van der Waals surface area (Å²) in [5.41, 5.74) is -0.463. The maximum absolute atomic E-state index is 11.0. The number of nitrogens with one attached hydrogen (secondary N) is 1. The van der Waals surface area contributed by atoms with Gasteiger partial charge < -0.3 is 10.1 Å². The van der Waals surface area contributed by atoms with Gasteiger partial charge in [-0.25, -0.2) is 0 Å². The van der Waals surface area contributed by atoms with Crippen molar-refractivity contribution in [2.75, 3.05) is 13.1 Å². The first-order chi connectivity index (χ1) is 5.81. The third-order valence-corrected chi connectivity index (χ3v) is 1.06. The van der Waals surface area contributed by atoms with E-state index in [2.05, 4.69) is 5.32 Å². The first-order valence-electron chi connectivity index (χ1n) is 4.23. The van der Waals surface area contributed by atoms with Crippen molar-refractivity contribution in [3.8, 4) is 0 Å². The van der Waals surface area contributed by atoms with Gasteiger partial charge in [0, 0.05) is 0 Å². The molecule has 13 heavy (non-hydrogen) atoms. The van der Waals surface area contributed by atoms with E-state index in [9.17, 15) is 9.59 Å². The van der Waals surface area contributed by atoms with Crippen LogP contribution < -0.4 is 5.32 Å². The van der Waals surface area contributed by atoms with E-state index in [4.69, 9.17) is 4.74 Å². The largest absolute Gasteiger partial charge is 0.459 e. The van der Waals surface area contributed by atoms with Crippen LogP contribution in [0.15, 0.2) is 0 Å². The van der Waals surface area contributed by atoms with E-state index in [0.29, 0.717) is 0 Å². The van der Waals surface area contributed by atoms with Crippen molar-refractivity contribution in [2.24, 2.45) is 0 Å². The van der Waals surface area contributed by atoms with Gasteiger partial charge in [-0.1, -0.05) is 0 Å². The third kappa shape index (κ3) is 9.01. The summed E-state index contributed by atoms with van der Waals surface area (Å²) < 4.78 is 5.01. The lowest BCUT2D eigenvalue weighted by Gasteiger charge is -2.19. The lowest BCUT2D eigenvalue weighted by Crippen LogP contribution is -2.33. The molecule has 76 valence electrons. The molecule has 0 aliphatic heterocycles. The van der Waals surface area contributed by atoms with Crippen LogP contribution in [0, 0.1) is 0 Å². The molecule has 0 heterocycles. The first kappa shape index (κ1) is 12.1. The number of hydrogen-bond donors (Lipinski definition) is 1. The Hall–Kier alpha value is -0.900. The maximum Gasteiger partial charge on any atom is 0.320 e. The molecule has 0 fully saturated rings. The van der Waals surface area contributed by atoms with Gasteiger partial charge in [-0.3, -0.25) is 9.59 Å². The van der Waals surface area contributed by atoms with Gasteiger partial charge in [-0.15, -0.1) is 0 Å². The molecule has 0 aromatic carbocycles. The van der Waals surface area contributed by atoms with Gasteiger partial charge in [0.15, 0.2) is 0 Å². The van der Waals surface area contributed by atoms with Gasteiger partial charge in [-0.2, -0.15) is 0 Å². The zero-order valence-electron chi connectivity index (χ0n) is 8.64. The second kappa shape index (κ2) is 4.97. The summed E-state index contributed by atoms with van der Waals surface area (Å²) >= 11 is 0. The highest BCUT2D eigenvalue weighted by Crippen LogP contribution is 2.05. The van der Waals surface area contributed by atoms with E-state index in [1.165, 1.54) is 6.92 Å². The topological polar surface area (TPSA) is 55.4 Å². The van der Waals surface area contributed by atoms with E-state index in [0.717, 1.165) is 0 Å². The zero-order chi connectivity index (χ0) is 10.5. The van der Waals surface area contributed by atoms with Crippen LogP contribution in [0.3, 0.4) is 0 Å². The van der Waals surface area contributed by atoms with Gasteiger partial charge in [0.2, 0.25) is 0 Å². The van der Waals surface area contributed by atoms with Crippen molar-refractivity contribution in [3.05, 3.63) is 0 Å². The molecule has 1 N–H and O–H groups in total. The number of hydrogen-bond acceptors (Lipinski definition) is 4. The highest BCUT2D eigenvalue weighted by atomic mass is 16.6. The molecule has 0 aromatic heterocycles. The Balaban J connectivity index is 3.59. The number of ketones is 1. The molecule has 4 heteroatoms. The smallest absolute Gasteiger partial charge is 0.320 e. The summed E-state index contributed by atoms with van der Waals surface area (Å²) in [5, 5.41) is 2.68. The van der Waals surface area contributed by atoms with Crippen LogP contribution in [0.5, 0.6) is 0 Å². The van der Waals surface area contributed by atoms with Crippen molar-refractivity contribution < 1.29 is 14.3 Å². The number of ether oxygens (including phenoxy) is 1. The molecule has 0 saturated heterocycles. The fourth-order valence-corrected chi connectivity index (χ4v) is 0.718. The van der Waals surface area contributed by atoms with E-state index in [-0.39, 0.29) is 24.8 Å². The van der Waals surface area contributed by atoms with Gasteiger partial charge in [0.25, 0.3) is 0 Å². The quantitative estimate of drug-likeness (QED) is 0.651. The van der Waals surface area contributed by atoms with Crippen molar-refractivity contribution in [1.82, 2.24) is 5.32 Å². The Morgan fingerprint density at radius 3 is 2.15 bits per heavy atom. The summed E-state index contributed by atoms with van der Waals surface area (Å²) in [6, 6.07) is 0. The van der Waals surface area contributed by atoms with E-state index < -0.39 is 5.60 Å². The Morgan fingerprint density at radius 1 is 1.23 bits per heavy atom. The molecule has 0 radical (unpaired) electrons. The molecule has 0 unspecified atom stereocenters. The van der Waals surface area contributed by atoms with Gasteiger partial charge in [0.1, 0.15) is 11.4 Å². The molecular formula is C9H17NO3. The Labute approximate surface area is 78.6 Å². The number of carbonyl (C=O) groups excluding carboxylic acids is 2. The van der Waals surface area contributed by atoms with E-state index >= 15 is 0 Å². The second-order valence-electron chi connectivity index (χ2n) is 3.89. The minimum atomic E-state index is -0.463. The molecule has 0 amide bonds. The Bertz CT molecular complexity index is 194. The summed E-state index contributed by atoms with van der Waals surface area (Å²) in [6.45, 7) is 7.15. The second-order valence-corrected chi connectivity index (χ2v) is 3.89. The lowest BCUT2D eigenvalue weighted by molar-refractivity contribution is -0.153. The lowest BCUT2D eigenvalue weighted by atomic mass is 10.2. The Morgan fingerprint density at radius 2 is 1.77 bits per heavy atom. The molecule has 0 saturated carbocycles. The Kier molecular flexibility index (Phi) is 4.62. The SMILES string of the molecule is CC(=O)CNCC(=O)OC(C)(C)C. The first-order valence-corrected chi connectivity index (χ1v) is 4.23. The number of Topliss-reactive ketones (excluding diaryl/α,β-unsaturated/α-hetero) is 1. The van der Waals surface area contributed by atoms with Crippen LogP contribution in [0.4, 0.5) is 0 Å². The van der Waals surface area contributed by atoms with Gasteiger partial charge in [0.05, 0.1) is 13.1 Å². The molecular weight excluding hydrogens is 170 g/mol. The molecule has 0 bridgehead atoms.